The Balaban J connectivity index is -0.000000438. The van der Waals surface area contributed by atoms with Gasteiger partial charge in [-0.1, -0.05) is 251 Å². The van der Waals surface area contributed by atoms with Crippen molar-refractivity contribution < 1.29 is 167 Å². The van der Waals surface area contributed by atoms with E-state index in [4.69, 9.17) is 43.7 Å². The molecule has 1 aliphatic rings. The molecule has 0 aromatic heterocycles. The average Bonchev–Trinajstić information content (AvgIpc) is 1.26. The van der Waals surface area contributed by atoms with Gasteiger partial charge in [0.1, 0.15) is 67.3 Å². The molecule has 9 aromatic rings. The number of aromatic carboxylic acids is 2. The number of carboxylic acid groups (broad SMARTS) is 2. The van der Waals surface area contributed by atoms with Crippen LogP contribution in [0, 0.1) is 27.7 Å². The van der Waals surface area contributed by atoms with E-state index in [0.717, 1.165) is 95.0 Å². The predicted molar refractivity (Wildman–Crippen MR) is 504 cm³/mol. The largest absolute Gasteiger partial charge is 1.00 e. The van der Waals surface area contributed by atoms with Gasteiger partial charge >= 0.3 is 151 Å². The first kappa shape index (κ1) is 122. The summed E-state index contributed by atoms with van der Waals surface area (Å²) >= 11 is 15.8. The van der Waals surface area contributed by atoms with Crippen LogP contribution in [0.4, 0.5) is 8.63 Å². The van der Waals surface area contributed by atoms with Crippen molar-refractivity contribution in [2.75, 3.05) is 17.6 Å². The zero-order chi connectivity index (χ0) is 86.1. The molecule has 1 heterocycles. The molecule has 1 fully saturated rings. The maximum absolute atomic E-state index is 12.6. The zero-order valence-electron chi connectivity index (χ0n) is 69.7. The number of aromatic hydroxyl groups is 2. The first-order valence-electron chi connectivity index (χ1n) is 36.2. The van der Waals surface area contributed by atoms with E-state index >= 15 is 0 Å². The molecule has 631 valence electrons. The van der Waals surface area contributed by atoms with Crippen LogP contribution in [0.15, 0.2) is 234 Å². The Morgan fingerprint density at radius 2 is 0.780 bits per heavy atom. The Morgan fingerprint density at radius 1 is 0.517 bits per heavy atom. The molecule has 1 aliphatic heterocycles. The number of carbonyl (C=O) groups is 4. The van der Waals surface area contributed by atoms with Gasteiger partial charge in [-0.25, -0.2) is 19.2 Å². The van der Waals surface area contributed by atoms with Crippen LogP contribution < -0.4 is 89.2 Å². The number of esters is 2. The summed E-state index contributed by atoms with van der Waals surface area (Å²) in [6.45, 7) is 41.1. The number of allylic oxidation sites excluding steroid dienone is 3. The normalized spacial score (nSPS) is 9.85. The summed E-state index contributed by atoms with van der Waals surface area (Å²) in [5.74, 6) is -1.45. The van der Waals surface area contributed by atoms with Gasteiger partial charge in [0.05, 0.1) is 25.6 Å². The molecule has 0 spiro atoms. The van der Waals surface area contributed by atoms with Crippen molar-refractivity contribution >= 4 is 159 Å². The number of phenolic OH excluding ortho intramolecular Hbond substituents is 1. The van der Waals surface area contributed by atoms with Crippen molar-refractivity contribution in [3.8, 4) is 28.7 Å². The number of benzene rings is 9. The molecular formula is C90H107BBr2F3I4KLiO15V-. The minimum absolute atomic E-state index is 0. The van der Waals surface area contributed by atoms with Gasteiger partial charge in [0, 0.05) is 34.3 Å². The Kier molecular flexibility index (Phi) is 76.6. The van der Waals surface area contributed by atoms with E-state index in [2.05, 4.69) is 178 Å². The number of aryl methyl sites for hydroxylation is 3. The first-order chi connectivity index (χ1) is 54.3. The molecule has 0 atom stereocenters. The Bertz CT molecular complexity index is 4280. The number of phenols is 2. The SMILES string of the molecule is C1CCOC1.C=C(C)B(F)F.C=C(C)c1cc(C(=O)O)c(C)cc1OCc1ccccc1.C=C(C)c1cc(C(=O)OCc2ccccc2)c(C)cc1OCc1ccccc1.CC(C)I.CCC.CCCI.Cc1cc(OCc2ccccc2)c(Br)cc1C(=O)OCc1ccccc1.O=C(O)c1cc(Br)c(O)cc1O.[CH2-]C.[F-].[I][V][I].[K+].[Li+].[OH-]. The van der Waals surface area contributed by atoms with Crippen LogP contribution in [-0.4, -0.2) is 78.6 Å². The average molecular weight is 2260 g/mol. The monoisotopic (exact) mass is 2260 g/mol. The molecule has 15 nitrogen and oxygen atoms in total. The summed E-state index contributed by atoms with van der Waals surface area (Å²) in [6, 6.07) is 61.8. The second-order valence-corrected chi connectivity index (χ2v) is 41.9. The summed E-state index contributed by atoms with van der Waals surface area (Å²) in [5.41, 5.74) is 11.6. The third-order valence-corrected chi connectivity index (χ3v) is 16.7. The van der Waals surface area contributed by atoms with Crippen molar-refractivity contribution in [1.29, 1.82) is 0 Å². The van der Waals surface area contributed by atoms with Crippen molar-refractivity contribution in [3.05, 3.63) is 319 Å². The number of hydrogen-bond acceptors (Lipinski definition) is 13. The minimum atomic E-state index is -2.34. The molecule has 10 rings (SSSR count). The van der Waals surface area contributed by atoms with Crippen LogP contribution in [0.2, 0.25) is 0 Å². The number of carbonyl (C=O) groups excluding carboxylic acids is 2. The van der Waals surface area contributed by atoms with E-state index < -0.39 is 25.0 Å². The van der Waals surface area contributed by atoms with E-state index in [1.54, 1.807) is 32.0 Å². The molecule has 0 bridgehead atoms. The van der Waals surface area contributed by atoms with Crippen LogP contribution in [0.25, 0.3) is 11.1 Å². The summed E-state index contributed by atoms with van der Waals surface area (Å²) in [5, 5.41) is 35.7. The van der Waals surface area contributed by atoms with E-state index in [-0.39, 0.29) is 132 Å². The van der Waals surface area contributed by atoms with Crippen molar-refractivity contribution in [3.63, 3.8) is 0 Å². The fourth-order valence-corrected chi connectivity index (χ4v) is 9.55. The van der Waals surface area contributed by atoms with E-state index in [0.29, 0.717) is 63.2 Å². The molecule has 9 aromatic carbocycles. The smallest absolute Gasteiger partial charge is 0.870 e. The number of carboxylic acids is 2. The molecule has 0 unspecified atom stereocenters. The van der Waals surface area contributed by atoms with Crippen molar-refractivity contribution in [1.82, 2.24) is 0 Å². The number of alkyl halides is 2. The van der Waals surface area contributed by atoms with Gasteiger partial charge in [-0.3, -0.25) is 8.63 Å². The topological polar surface area (TPSA) is 235 Å². The van der Waals surface area contributed by atoms with Crippen molar-refractivity contribution in [2.45, 2.75) is 146 Å². The van der Waals surface area contributed by atoms with Crippen LogP contribution in [0.1, 0.15) is 185 Å². The van der Waals surface area contributed by atoms with Gasteiger partial charge < -0.3 is 66.0 Å². The van der Waals surface area contributed by atoms with E-state index in [1.165, 1.54) is 37.0 Å². The number of hydrogen-bond donors (Lipinski definition) is 4. The predicted octanol–water partition coefficient (Wildman–Crippen LogP) is 18.4. The Labute approximate surface area is 826 Å². The molecule has 0 radical (unpaired) electrons. The van der Waals surface area contributed by atoms with E-state index in [1.807, 2.05) is 198 Å². The van der Waals surface area contributed by atoms with Gasteiger partial charge in [-0.15, -0.1) is 6.58 Å². The fraction of sp³-hybridized carbons (Fsp3) is 0.278. The Morgan fingerprint density at radius 3 is 1.05 bits per heavy atom. The van der Waals surface area contributed by atoms with Crippen LogP contribution in [0.3, 0.4) is 0 Å². The summed E-state index contributed by atoms with van der Waals surface area (Å²) in [6.07, 6.45) is 5.11. The standard InChI is InChI=1S/C25H24O3.C22H19BrO3.C18H18O3.C7H5BrO4.C4H8O.C3H5BF2.2C3H7I.C3H8.C2H5.FH.2HI.K.Li.H2O.V/c1-18(2)22-15-23(25(26)28-17-21-12-8-5-9-13-21)19(3)14-24(22)27-16-20-10-6-4-7-11-20;1-16-12-21(25-14-17-8-4-2-5-9-17)20(23)13-19(16)22(24)26-15-18-10-6-3-7-11-18;1-12(2)15-10-16(18(19)20)13(3)9-17(15)21-11-14-7-5-4-6-8-14;8-4-1-3(7(11)12)5(9)2-6(4)10;1-2-4-5-3-1;1-3(2)4(5)6;1-3(2)4;1-2-3-4;1-3-2;1-2;;;;;;;/h4-15H,1,16-17H2,2-3H3;2-13H,14-15H2,1H3;4-10H,1,11H2,2-3H3,(H,19,20);1-2,9-10H,(H,11,12);1-4H2;1H2,2H3;3H,1-2H3;2-3H2,1H3;3H2,1-2H3;1H2,2H3;3*1H;;;1H2;/q;;;;;;;;;-1;;;;2*+1;;+2/p-4. The number of rotatable bonds is 21. The molecule has 28 heteroatoms. The number of halogens is 9. The summed E-state index contributed by atoms with van der Waals surface area (Å²) in [7, 11) is -1.72. The third-order valence-electron chi connectivity index (χ3n) is 14.3. The molecule has 5 N–H and O–H groups in total. The summed E-state index contributed by atoms with van der Waals surface area (Å²) in [4.78, 5) is 46.6. The van der Waals surface area contributed by atoms with E-state index in [9.17, 15) is 32.9 Å². The van der Waals surface area contributed by atoms with Gasteiger partial charge in [0.15, 0.2) is 0 Å². The molecule has 1 saturated heterocycles. The maximum Gasteiger partial charge on any atom is 1.00 e. The zero-order valence-corrected chi connectivity index (χ0v) is 86.0. The van der Waals surface area contributed by atoms with Crippen LogP contribution >= 0.6 is 117 Å². The van der Waals surface area contributed by atoms with Gasteiger partial charge in [-0.05, 0) is 201 Å². The van der Waals surface area contributed by atoms with Crippen molar-refractivity contribution in [2.24, 2.45) is 0 Å². The van der Waals surface area contributed by atoms with Gasteiger partial charge in [-0.2, -0.15) is 6.92 Å². The van der Waals surface area contributed by atoms with Crippen LogP contribution in [0.5, 0.6) is 28.7 Å². The molecule has 0 saturated carbocycles. The van der Waals surface area contributed by atoms with Gasteiger partial charge in [0.2, 0.25) is 0 Å². The quantitative estimate of drug-likeness (QED) is 0.0172. The minimum Gasteiger partial charge on any atom is -0.870 e. The number of ether oxygens (including phenoxy) is 6. The van der Waals surface area contributed by atoms with Crippen LogP contribution in [-0.2, 0) is 56.7 Å². The third kappa shape index (κ3) is 54.2. The second-order valence-electron chi connectivity index (χ2n) is 24.8. The molecular weight excluding hydrogens is 2150 g/mol. The molecule has 0 aliphatic carbocycles. The first-order valence-corrected chi connectivity index (χ1v) is 49.5. The second kappa shape index (κ2) is 74.0. The maximum atomic E-state index is 12.6. The van der Waals surface area contributed by atoms with Gasteiger partial charge in [0.25, 0.3) is 0 Å². The summed E-state index contributed by atoms with van der Waals surface area (Å²) < 4.78 is 58.8. The fourth-order valence-electron chi connectivity index (χ4n) is 8.74. The molecule has 0 amide bonds. The Hall–Kier alpha value is -4.45. The molecule has 118 heavy (non-hydrogen) atoms.